The van der Waals surface area contributed by atoms with Gasteiger partial charge in [-0.1, -0.05) is 0 Å². The van der Waals surface area contributed by atoms with Crippen LogP contribution in [0.1, 0.15) is 25.7 Å². The van der Waals surface area contributed by atoms with Crippen LogP contribution < -0.4 is 16.1 Å². The maximum atomic E-state index is 6.67. The van der Waals surface area contributed by atoms with Crippen molar-refractivity contribution in [3.63, 3.8) is 0 Å². The van der Waals surface area contributed by atoms with E-state index < -0.39 is 5.79 Å². The van der Waals surface area contributed by atoms with Crippen LogP contribution in [0.5, 0.6) is 0 Å². The summed E-state index contributed by atoms with van der Waals surface area (Å²) in [4.78, 5) is 14.7. The van der Waals surface area contributed by atoms with Crippen molar-refractivity contribution in [3.8, 4) is 0 Å². The molecule has 0 radical (unpaired) electrons. The summed E-state index contributed by atoms with van der Waals surface area (Å²) < 4.78 is 6.15. The van der Waals surface area contributed by atoms with E-state index in [-0.39, 0.29) is 12.0 Å². The van der Waals surface area contributed by atoms with Gasteiger partial charge in [-0.3, -0.25) is 30.3 Å². The fraction of sp³-hybridized carbons (Fsp3) is 1.00. The molecule has 0 aromatic heterocycles. The quantitative estimate of drug-likeness (QED) is 0.494. The van der Waals surface area contributed by atoms with Crippen LogP contribution in [0.25, 0.3) is 0 Å². The monoisotopic (exact) mass is 408 g/mol. The maximum absolute atomic E-state index is 6.67. The van der Waals surface area contributed by atoms with Crippen molar-refractivity contribution in [1.82, 2.24) is 40.8 Å². The van der Waals surface area contributed by atoms with Gasteiger partial charge in [0, 0.05) is 58.9 Å². The molecule has 0 aromatic rings. The van der Waals surface area contributed by atoms with Crippen LogP contribution in [0.3, 0.4) is 0 Å². The first kappa shape index (κ1) is 19.3. The van der Waals surface area contributed by atoms with Gasteiger partial charge in [0.05, 0.1) is 13.3 Å². The summed E-state index contributed by atoms with van der Waals surface area (Å²) in [6, 6.07) is 0. The molecular weight excluding hydrogens is 372 g/mol. The lowest BCUT2D eigenvalue weighted by Crippen LogP contribution is -2.87. The van der Waals surface area contributed by atoms with Crippen molar-refractivity contribution in [2.75, 3.05) is 78.8 Å². The fourth-order valence-corrected chi connectivity index (χ4v) is 6.36. The Labute approximate surface area is 173 Å². The minimum absolute atomic E-state index is 0.210. The number of hydrazine groups is 1. The summed E-state index contributed by atoms with van der Waals surface area (Å²) in [5.41, 5.74) is 3.55. The van der Waals surface area contributed by atoms with Crippen molar-refractivity contribution in [2.45, 2.75) is 43.5 Å². The first-order valence-electron chi connectivity index (χ1n) is 11.6. The van der Waals surface area contributed by atoms with Gasteiger partial charge in [0.15, 0.2) is 12.0 Å². The Morgan fingerprint density at radius 3 is 2.21 bits per heavy atom. The molecule has 6 saturated heterocycles. The van der Waals surface area contributed by atoms with Gasteiger partial charge >= 0.3 is 0 Å². The van der Waals surface area contributed by atoms with Crippen molar-refractivity contribution in [1.29, 1.82) is 0 Å². The van der Waals surface area contributed by atoms with Gasteiger partial charge < -0.3 is 10.1 Å². The summed E-state index contributed by atoms with van der Waals surface area (Å²) in [6.07, 6.45) is 4.76. The van der Waals surface area contributed by atoms with E-state index in [2.05, 4.69) is 40.8 Å². The molecule has 6 aliphatic rings. The molecule has 0 spiro atoms. The molecule has 29 heavy (non-hydrogen) atoms. The first-order valence-corrected chi connectivity index (χ1v) is 11.6. The van der Waals surface area contributed by atoms with Gasteiger partial charge in [-0.05, 0) is 25.7 Å². The highest BCUT2D eigenvalue weighted by Crippen LogP contribution is 2.51. The molecule has 6 rings (SSSR count). The second-order valence-corrected chi connectivity index (χ2v) is 9.10. The van der Waals surface area contributed by atoms with Crippen LogP contribution in [-0.2, 0) is 9.57 Å². The number of rotatable bonds is 5. The van der Waals surface area contributed by atoms with E-state index in [0.717, 1.165) is 78.6 Å². The van der Waals surface area contributed by atoms with E-state index in [4.69, 9.17) is 9.57 Å². The lowest BCUT2D eigenvalue weighted by Gasteiger charge is -2.63. The summed E-state index contributed by atoms with van der Waals surface area (Å²) in [6.45, 7) is 11.8. The Kier molecular flexibility index (Phi) is 5.08. The first-order chi connectivity index (χ1) is 14.4. The minimum Gasteiger partial charge on any atom is -0.346 e. The fourth-order valence-electron chi connectivity index (χ4n) is 6.36. The van der Waals surface area contributed by atoms with Gasteiger partial charge in [-0.25, -0.2) is 5.01 Å². The van der Waals surface area contributed by atoms with E-state index in [1.54, 1.807) is 0 Å². The molecule has 0 bridgehead atoms. The topological polar surface area (TPSA) is 70.8 Å². The standard InChI is InChI=1S/C19H36N8O2/c1-2-9-23(8-1)18(24-10-4-11-24)15-29-27(17-21-7-14-28-17)19(18,25-13-6-20-16-25)26-12-3-5-22-26/h17,20-22H,1-16H2. The van der Waals surface area contributed by atoms with Gasteiger partial charge in [0.25, 0.3) is 0 Å². The van der Waals surface area contributed by atoms with Crippen molar-refractivity contribution in [3.05, 3.63) is 0 Å². The molecule has 10 nitrogen and oxygen atoms in total. The zero-order valence-corrected chi connectivity index (χ0v) is 17.4. The summed E-state index contributed by atoms with van der Waals surface area (Å²) in [7, 11) is 0. The van der Waals surface area contributed by atoms with Crippen LogP contribution in [0.2, 0.25) is 0 Å². The number of hydroxylamine groups is 2. The van der Waals surface area contributed by atoms with E-state index >= 15 is 0 Å². The van der Waals surface area contributed by atoms with Gasteiger partial charge in [0.1, 0.15) is 6.61 Å². The van der Waals surface area contributed by atoms with Crippen LogP contribution in [0.15, 0.2) is 0 Å². The number of hydrogen-bond acceptors (Lipinski definition) is 10. The molecule has 3 unspecified atom stereocenters. The van der Waals surface area contributed by atoms with E-state index in [1.807, 2.05) is 0 Å². The van der Waals surface area contributed by atoms with Crippen LogP contribution in [-0.4, -0.2) is 121 Å². The van der Waals surface area contributed by atoms with Crippen LogP contribution >= 0.6 is 0 Å². The van der Waals surface area contributed by atoms with E-state index in [9.17, 15) is 0 Å². The normalized spacial score (nSPS) is 43.7. The Morgan fingerprint density at radius 2 is 1.62 bits per heavy atom. The second kappa shape index (κ2) is 7.63. The molecular formula is C19H36N8O2. The molecule has 0 saturated carbocycles. The molecule has 6 heterocycles. The predicted molar refractivity (Wildman–Crippen MR) is 107 cm³/mol. The van der Waals surface area contributed by atoms with Crippen molar-refractivity contribution >= 4 is 0 Å². The number of nitrogens with zero attached hydrogens (tertiary/aromatic N) is 5. The molecule has 6 fully saturated rings. The molecule has 3 N–H and O–H groups in total. The molecule has 3 atom stereocenters. The smallest absolute Gasteiger partial charge is 0.206 e. The largest absolute Gasteiger partial charge is 0.346 e. The highest BCUT2D eigenvalue weighted by Gasteiger charge is 2.74. The third-order valence-electron chi connectivity index (χ3n) is 7.71. The number of nitrogens with one attached hydrogen (secondary N) is 3. The number of ether oxygens (including phenoxy) is 1. The van der Waals surface area contributed by atoms with Gasteiger partial charge in [-0.2, -0.15) is 0 Å². The van der Waals surface area contributed by atoms with Crippen molar-refractivity contribution < 1.29 is 9.57 Å². The van der Waals surface area contributed by atoms with Crippen molar-refractivity contribution in [2.24, 2.45) is 0 Å². The summed E-state index contributed by atoms with van der Waals surface area (Å²) in [5, 5.41) is 11.8. The number of hydrogen-bond donors (Lipinski definition) is 3. The SMILES string of the molecule is C1CCN(C2(N3CCC3)CON(C3NCCO3)C2(N2CCNC2)N2CCCN2)C1. The zero-order chi connectivity index (χ0) is 19.3. The lowest BCUT2D eigenvalue weighted by molar-refractivity contribution is -0.348. The van der Waals surface area contributed by atoms with E-state index in [1.165, 1.54) is 19.3 Å². The average Bonchev–Trinajstić information content (AvgIpc) is 3.53. The highest BCUT2D eigenvalue weighted by molar-refractivity contribution is 5.16. The van der Waals surface area contributed by atoms with Gasteiger partial charge in [0.2, 0.25) is 5.79 Å². The second-order valence-electron chi connectivity index (χ2n) is 9.10. The Bertz CT molecular complexity index is 567. The highest BCUT2D eigenvalue weighted by atomic mass is 16.7. The number of likely N-dealkylation sites (tertiary alicyclic amines) is 2. The van der Waals surface area contributed by atoms with Gasteiger partial charge in [-0.15, -0.1) is 5.06 Å². The Morgan fingerprint density at radius 1 is 0.793 bits per heavy atom. The summed E-state index contributed by atoms with van der Waals surface area (Å²) >= 11 is 0. The van der Waals surface area contributed by atoms with Crippen LogP contribution in [0.4, 0.5) is 0 Å². The Balaban J connectivity index is 1.52. The molecule has 0 aromatic carbocycles. The predicted octanol–water partition coefficient (Wildman–Crippen LogP) is -1.64. The molecule has 0 aliphatic carbocycles. The lowest BCUT2D eigenvalue weighted by atomic mass is 9.91. The third-order valence-corrected chi connectivity index (χ3v) is 7.71. The van der Waals surface area contributed by atoms with E-state index in [0.29, 0.717) is 6.61 Å². The molecule has 164 valence electrons. The molecule has 0 amide bonds. The minimum atomic E-state index is -0.445. The average molecular weight is 409 g/mol. The summed E-state index contributed by atoms with van der Waals surface area (Å²) in [5.74, 6) is -0.445. The third kappa shape index (κ3) is 2.65. The Hall–Kier alpha value is -0.400. The molecule has 10 heteroatoms. The maximum Gasteiger partial charge on any atom is 0.206 e. The van der Waals surface area contributed by atoms with Crippen LogP contribution in [0, 0.1) is 0 Å². The molecule has 6 aliphatic heterocycles. The zero-order valence-electron chi connectivity index (χ0n) is 17.4.